The quantitative estimate of drug-likeness (QED) is 0.482. The van der Waals surface area contributed by atoms with Crippen molar-refractivity contribution in [3.05, 3.63) is 66.2 Å². The molecule has 2 rings (SSSR count). The van der Waals surface area contributed by atoms with Crippen LogP contribution in [0, 0.1) is 0 Å². The maximum absolute atomic E-state index is 12.1. The summed E-state index contributed by atoms with van der Waals surface area (Å²) in [5.74, 6) is 0.175. The topological polar surface area (TPSA) is 60.4 Å². The summed E-state index contributed by atoms with van der Waals surface area (Å²) in [6.45, 7) is 0. The van der Waals surface area contributed by atoms with Crippen molar-refractivity contribution in [2.75, 3.05) is 0 Å². The van der Waals surface area contributed by atoms with E-state index in [0.717, 1.165) is 0 Å². The highest BCUT2D eigenvalue weighted by Gasteiger charge is 2.17. The molecule has 0 aliphatic rings. The average Bonchev–Trinajstić information content (AvgIpc) is 2.47. The fourth-order valence-electron chi connectivity index (χ4n) is 1.59. The highest BCUT2D eigenvalue weighted by atomic mass is 32.2. The van der Waals surface area contributed by atoms with E-state index in [0.29, 0.717) is 11.8 Å². The Morgan fingerprint density at radius 3 is 2.25 bits per heavy atom. The van der Waals surface area contributed by atoms with Gasteiger partial charge in [-0.3, -0.25) is 4.79 Å². The second-order valence-corrected chi connectivity index (χ2v) is 5.43. The van der Waals surface area contributed by atoms with Gasteiger partial charge < -0.3 is 4.18 Å². The van der Waals surface area contributed by atoms with Crippen molar-refractivity contribution in [3.8, 4) is 5.75 Å². The lowest BCUT2D eigenvalue weighted by atomic mass is 10.2. The van der Waals surface area contributed by atoms with Gasteiger partial charge in [0.2, 0.25) is 0 Å². The number of rotatable bonds is 5. The molecule has 102 valence electrons. The molecule has 0 aliphatic carbocycles. The molecule has 2 aromatic rings. The average molecular weight is 288 g/mol. The van der Waals surface area contributed by atoms with Crippen molar-refractivity contribution in [2.24, 2.45) is 0 Å². The SMILES string of the molecule is O=C/C=C/c1ccccc1OS(=O)(=O)c1ccccc1. The summed E-state index contributed by atoms with van der Waals surface area (Å²) >= 11 is 0. The van der Waals surface area contributed by atoms with Gasteiger partial charge in [-0.2, -0.15) is 8.42 Å². The Balaban J connectivity index is 2.35. The summed E-state index contributed by atoms with van der Waals surface area (Å²) in [5, 5.41) is 0. The van der Waals surface area contributed by atoms with Gasteiger partial charge in [-0.05, 0) is 30.4 Å². The van der Waals surface area contributed by atoms with Crippen LogP contribution in [-0.4, -0.2) is 14.7 Å². The molecule has 20 heavy (non-hydrogen) atoms. The third kappa shape index (κ3) is 3.33. The molecular formula is C15H12O4S. The van der Waals surface area contributed by atoms with Gasteiger partial charge in [-0.25, -0.2) is 0 Å². The molecule has 0 radical (unpaired) electrons. The fraction of sp³-hybridized carbons (Fsp3) is 0. The molecule has 0 saturated carbocycles. The van der Waals surface area contributed by atoms with Crippen LogP contribution in [0.3, 0.4) is 0 Å². The van der Waals surface area contributed by atoms with Gasteiger partial charge in [0.1, 0.15) is 16.9 Å². The third-order valence-electron chi connectivity index (χ3n) is 2.50. The second-order valence-electron chi connectivity index (χ2n) is 3.88. The van der Waals surface area contributed by atoms with Crippen molar-refractivity contribution in [2.45, 2.75) is 4.90 Å². The van der Waals surface area contributed by atoms with Gasteiger partial charge in [0.15, 0.2) is 0 Å². The molecule has 0 amide bonds. The number of allylic oxidation sites excluding steroid dienone is 1. The predicted octanol–water partition coefficient (Wildman–Crippen LogP) is 2.67. The van der Waals surface area contributed by atoms with Crippen LogP contribution in [0.4, 0.5) is 0 Å². The van der Waals surface area contributed by atoms with Gasteiger partial charge in [0.25, 0.3) is 0 Å². The van der Waals surface area contributed by atoms with Gasteiger partial charge >= 0.3 is 10.1 Å². The number of para-hydroxylation sites is 1. The van der Waals surface area contributed by atoms with Gasteiger partial charge in [0, 0.05) is 5.56 Å². The first-order chi connectivity index (χ1) is 9.63. The van der Waals surface area contributed by atoms with E-state index in [1.54, 1.807) is 36.4 Å². The molecule has 0 aromatic heterocycles. The monoisotopic (exact) mass is 288 g/mol. The summed E-state index contributed by atoms with van der Waals surface area (Å²) in [6.07, 6.45) is 3.38. The molecule has 0 N–H and O–H groups in total. The molecule has 0 atom stereocenters. The van der Waals surface area contributed by atoms with Crippen LogP contribution in [0.5, 0.6) is 5.75 Å². The third-order valence-corrected chi connectivity index (χ3v) is 3.75. The predicted molar refractivity (Wildman–Crippen MR) is 75.8 cm³/mol. The number of carbonyl (C=O) groups excluding carboxylic acids is 1. The molecule has 0 fully saturated rings. The number of carbonyl (C=O) groups is 1. The molecular weight excluding hydrogens is 276 g/mol. The first-order valence-corrected chi connectivity index (χ1v) is 7.25. The summed E-state index contributed by atoms with van der Waals surface area (Å²) in [4.78, 5) is 10.4. The van der Waals surface area contributed by atoms with E-state index in [1.165, 1.54) is 30.4 Å². The summed E-state index contributed by atoms with van der Waals surface area (Å²) in [5.41, 5.74) is 0.513. The first kappa shape index (κ1) is 14.0. The fourth-order valence-corrected chi connectivity index (χ4v) is 2.57. The highest BCUT2D eigenvalue weighted by Crippen LogP contribution is 2.23. The van der Waals surface area contributed by atoms with Crippen LogP contribution in [-0.2, 0) is 14.9 Å². The lowest BCUT2D eigenvalue weighted by molar-refractivity contribution is -0.104. The Labute approximate surface area is 117 Å². The molecule has 5 heteroatoms. The Morgan fingerprint density at radius 2 is 1.55 bits per heavy atom. The molecule has 0 unspecified atom stereocenters. The van der Waals surface area contributed by atoms with Crippen molar-refractivity contribution < 1.29 is 17.4 Å². The second kappa shape index (κ2) is 6.16. The summed E-state index contributed by atoms with van der Waals surface area (Å²) in [7, 11) is -3.88. The Morgan fingerprint density at radius 1 is 0.900 bits per heavy atom. The molecule has 0 heterocycles. The number of hydrogen-bond acceptors (Lipinski definition) is 4. The van der Waals surface area contributed by atoms with E-state index >= 15 is 0 Å². The van der Waals surface area contributed by atoms with E-state index in [1.807, 2.05) is 0 Å². The van der Waals surface area contributed by atoms with Crippen molar-refractivity contribution in [1.29, 1.82) is 0 Å². The zero-order chi connectivity index (χ0) is 14.4. The van der Waals surface area contributed by atoms with E-state index < -0.39 is 10.1 Å². The number of aldehydes is 1. The maximum atomic E-state index is 12.1. The molecule has 2 aromatic carbocycles. The smallest absolute Gasteiger partial charge is 0.339 e. The normalized spacial score (nSPS) is 11.4. The summed E-state index contributed by atoms with van der Waals surface area (Å²) < 4.78 is 29.3. The van der Waals surface area contributed by atoms with Crippen LogP contribution < -0.4 is 4.18 Å². The van der Waals surface area contributed by atoms with Crippen LogP contribution in [0.25, 0.3) is 6.08 Å². The molecule has 0 bridgehead atoms. The van der Waals surface area contributed by atoms with Crippen LogP contribution in [0.2, 0.25) is 0 Å². The van der Waals surface area contributed by atoms with E-state index in [4.69, 9.17) is 4.18 Å². The molecule has 0 saturated heterocycles. The largest absolute Gasteiger partial charge is 0.378 e. The Kier molecular flexibility index (Phi) is 4.32. The van der Waals surface area contributed by atoms with Gasteiger partial charge in [-0.1, -0.05) is 36.4 Å². The van der Waals surface area contributed by atoms with Gasteiger partial charge in [-0.15, -0.1) is 0 Å². The standard InChI is InChI=1S/C15H12O4S/c16-12-6-8-13-7-4-5-11-15(13)19-20(17,18)14-9-2-1-3-10-14/h1-12H/b8-6+. The lowest BCUT2D eigenvalue weighted by Gasteiger charge is -2.09. The Hall–Kier alpha value is -2.40. The zero-order valence-electron chi connectivity index (χ0n) is 10.5. The minimum Gasteiger partial charge on any atom is -0.378 e. The zero-order valence-corrected chi connectivity index (χ0v) is 11.3. The minimum atomic E-state index is -3.88. The minimum absolute atomic E-state index is 0.0779. The lowest BCUT2D eigenvalue weighted by Crippen LogP contribution is -2.10. The number of benzene rings is 2. The van der Waals surface area contributed by atoms with Crippen LogP contribution in [0.15, 0.2) is 65.6 Å². The van der Waals surface area contributed by atoms with Crippen molar-refractivity contribution >= 4 is 22.5 Å². The molecule has 0 aliphatic heterocycles. The first-order valence-electron chi connectivity index (χ1n) is 5.84. The molecule has 4 nitrogen and oxygen atoms in total. The molecule has 0 spiro atoms. The van der Waals surface area contributed by atoms with Crippen LogP contribution in [0.1, 0.15) is 5.56 Å². The van der Waals surface area contributed by atoms with Gasteiger partial charge in [0.05, 0.1) is 0 Å². The van der Waals surface area contributed by atoms with Crippen LogP contribution >= 0.6 is 0 Å². The number of hydrogen-bond donors (Lipinski definition) is 0. The van der Waals surface area contributed by atoms with E-state index in [2.05, 4.69) is 0 Å². The maximum Gasteiger partial charge on any atom is 0.339 e. The Bertz CT molecular complexity index is 719. The van der Waals surface area contributed by atoms with Crippen molar-refractivity contribution in [3.63, 3.8) is 0 Å². The van der Waals surface area contributed by atoms with E-state index in [-0.39, 0.29) is 10.6 Å². The highest BCUT2D eigenvalue weighted by molar-refractivity contribution is 7.87. The van der Waals surface area contributed by atoms with E-state index in [9.17, 15) is 13.2 Å². The summed E-state index contributed by atoms with van der Waals surface area (Å²) in [6, 6.07) is 14.5. The van der Waals surface area contributed by atoms with Crippen molar-refractivity contribution in [1.82, 2.24) is 0 Å².